The largest absolute Gasteiger partial charge is 0.497 e. The molecule has 0 fully saturated rings. The predicted octanol–water partition coefficient (Wildman–Crippen LogP) is 4.93. The first kappa shape index (κ1) is 25.9. The van der Waals surface area contributed by atoms with Gasteiger partial charge in [0, 0.05) is 29.1 Å². The topological polar surface area (TPSA) is 77.5 Å². The number of rotatable bonds is 9. The van der Waals surface area contributed by atoms with Gasteiger partial charge >= 0.3 is 0 Å². The smallest absolute Gasteiger partial charge is 0.254 e. The highest BCUT2D eigenvalue weighted by molar-refractivity contribution is 7.10. The second-order valence-corrected chi connectivity index (χ2v) is 10.4. The fourth-order valence-electron chi connectivity index (χ4n) is 4.82. The van der Waals surface area contributed by atoms with Gasteiger partial charge in [-0.05, 0) is 67.1 Å². The maximum Gasteiger partial charge on any atom is 0.254 e. The van der Waals surface area contributed by atoms with Crippen molar-refractivity contribution in [3.8, 4) is 23.0 Å². The molecule has 2 amide bonds. The number of fused-ring (bicyclic) bond motifs is 2. The van der Waals surface area contributed by atoms with Gasteiger partial charge in [-0.25, -0.2) is 0 Å². The van der Waals surface area contributed by atoms with Crippen LogP contribution in [0, 0.1) is 0 Å². The zero-order valence-corrected chi connectivity index (χ0v) is 22.7. The summed E-state index contributed by atoms with van der Waals surface area (Å²) in [5.74, 6) is 2.24. The molecule has 0 saturated heterocycles. The minimum atomic E-state index is -0.247. The fourth-order valence-corrected chi connectivity index (χ4v) is 5.75. The van der Waals surface area contributed by atoms with E-state index in [0.29, 0.717) is 41.7 Å². The molecule has 0 spiro atoms. The highest BCUT2D eigenvalue weighted by atomic mass is 32.1. The van der Waals surface area contributed by atoms with Crippen LogP contribution in [0.1, 0.15) is 47.1 Å². The van der Waals surface area contributed by atoms with E-state index >= 15 is 0 Å². The van der Waals surface area contributed by atoms with Crippen LogP contribution in [-0.2, 0) is 11.2 Å². The molecule has 0 aliphatic carbocycles. The molecule has 2 aliphatic rings. The Labute approximate surface area is 226 Å². The lowest BCUT2D eigenvalue weighted by atomic mass is 10.00. The van der Waals surface area contributed by atoms with Crippen LogP contribution in [0.2, 0.25) is 0 Å². The van der Waals surface area contributed by atoms with Gasteiger partial charge in [-0.15, -0.1) is 11.3 Å². The molecule has 1 aromatic heterocycles. The second kappa shape index (κ2) is 11.3. The Morgan fingerprint density at radius 2 is 1.95 bits per heavy atom. The van der Waals surface area contributed by atoms with E-state index in [2.05, 4.69) is 11.4 Å². The quantitative estimate of drug-likeness (QED) is 0.386. The number of thiophene rings is 1. The summed E-state index contributed by atoms with van der Waals surface area (Å²) in [5, 5.41) is 2.06. The van der Waals surface area contributed by atoms with Gasteiger partial charge in [-0.2, -0.15) is 0 Å². The Balaban J connectivity index is 1.35. The lowest BCUT2D eigenvalue weighted by Crippen LogP contribution is -2.49. The minimum absolute atomic E-state index is 0.0165. The van der Waals surface area contributed by atoms with Crippen molar-refractivity contribution in [2.75, 3.05) is 33.6 Å². The Morgan fingerprint density at radius 3 is 2.76 bits per heavy atom. The molecule has 9 heteroatoms. The molecule has 8 nitrogen and oxygen atoms in total. The highest BCUT2D eigenvalue weighted by Crippen LogP contribution is 2.35. The lowest BCUT2D eigenvalue weighted by molar-refractivity contribution is -0.136. The van der Waals surface area contributed by atoms with E-state index in [1.807, 2.05) is 43.0 Å². The molecule has 2 aliphatic heterocycles. The number of nitrogens with zero attached hydrogens (tertiary/aromatic N) is 2. The Morgan fingerprint density at radius 1 is 1.13 bits per heavy atom. The van der Waals surface area contributed by atoms with Gasteiger partial charge < -0.3 is 28.7 Å². The molecule has 0 saturated carbocycles. The van der Waals surface area contributed by atoms with Crippen LogP contribution in [-0.4, -0.2) is 61.3 Å². The third kappa shape index (κ3) is 5.29. The minimum Gasteiger partial charge on any atom is -0.497 e. The molecule has 0 radical (unpaired) electrons. The highest BCUT2D eigenvalue weighted by Gasteiger charge is 2.34. The van der Waals surface area contributed by atoms with Crippen molar-refractivity contribution in [3.05, 3.63) is 69.9 Å². The van der Waals surface area contributed by atoms with Crippen molar-refractivity contribution < 1.29 is 28.5 Å². The van der Waals surface area contributed by atoms with Crippen LogP contribution >= 0.6 is 11.3 Å². The molecular formula is C29H32N2O6S. The number of hydrogen-bond acceptors (Lipinski definition) is 7. The van der Waals surface area contributed by atoms with Crippen molar-refractivity contribution in [3.63, 3.8) is 0 Å². The zero-order valence-electron chi connectivity index (χ0n) is 21.8. The van der Waals surface area contributed by atoms with E-state index < -0.39 is 0 Å². The number of hydrogen-bond donors (Lipinski definition) is 0. The molecule has 3 aromatic rings. The summed E-state index contributed by atoms with van der Waals surface area (Å²) < 4.78 is 22.3. The van der Waals surface area contributed by atoms with Gasteiger partial charge in [0.1, 0.15) is 24.7 Å². The monoisotopic (exact) mass is 536 g/mol. The summed E-state index contributed by atoms with van der Waals surface area (Å²) in [6.45, 7) is 4.98. The zero-order chi connectivity index (χ0) is 26.6. The third-order valence-corrected chi connectivity index (χ3v) is 8.17. The van der Waals surface area contributed by atoms with Gasteiger partial charge in [0.05, 0.1) is 13.2 Å². The van der Waals surface area contributed by atoms with Crippen molar-refractivity contribution in [1.82, 2.24) is 9.80 Å². The molecule has 2 aromatic carbocycles. The fraction of sp³-hybridized carbons (Fsp3) is 0.379. The standard InChI is InChI=1S/C29H32N2O6S/c1-4-19(2)31(29(33)20-8-9-25-26(14-20)37-18-36-25)16-28(32)30-12-10-27-23(11-13-38-27)24(30)17-35-22-7-5-6-21(15-22)34-3/h5-9,11,13-15,19,24H,4,10,12,16-18H2,1-3H3/t19-,24-/m1/s1. The van der Waals surface area contributed by atoms with Crippen molar-refractivity contribution >= 4 is 23.2 Å². The Kier molecular flexibility index (Phi) is 7.74. The molecular weight excluding hydrogens is 504 g/mol. The molecule has 3 heterocycles. The van der Waals surface area contributed by atoms with Crippen molar-refractivity contribution in [2.24, 2.45) is 0 Å². The Bertz CT molecular complexity index is 1310. The second-order valence-electron chi connectivity index (χ2n) is 9.40. The van der Waals surface area contributed by atoms with Gasteiger partial charge in [-0.3, -0.25) is 9.59 Å². The normalized spacial score (nSPS) is 16.5. The van der Waals surface area contributed by atoms with Crippen LogP contribution in [0.15, 0.2) is 53.9 Å². The van der Waals surface area contributed by atoms with Crippen LogP contribution in [0.3, 0.4) is 0 Å². The molecule has 0 unspecified atom stereocenters. The summed E-state index contributed by atoms with van der Waals surface area (Å²) in [6, 6.07) is 14.3. The van der Waals surface area contributed by atoms with Crippen LogP contribution in [0.4, 0.5) is 0 Å². The summed E-state index contributed by atoms with van der Waals surface area (Å²) in [5.41, 5.74) is 1.58. The molecule has 0 bridgehead atoms. The lowest BCUT2D eigenvalue weighted by Gasteiger charge is -2.38. The first-order chi connectivity index (χ1) is 18.5. The first-order valence-corrected chi connectivity index (χ1v) is 13.7. The molecule has 0 N–H and O–H groups in total. The molecule has 38 heavy (non-hydrogen) atoms. The number of carbonyl (C=O) groups is 2. The van der Waals surface area contributed by atoms with E-state index in [1.54, 1.807) is 41.5 Å². The first-order valence-electron chi connectivity index (χ1n) is 12.8. The number of carbonyl (C=O) groups excluding carboxylic acids is 2. The van der Waals surface area contributed by atoms with Gasteiger partial charge in [0.2, 0.25) is 12.7 Å². The maximum atomic E-state index is 13.8. The predicted molar refractivity (Wildman–Crippen MR) is 144 cm³/mol. The van der Waals surface area contributed by atoms with Crippen molar-refractivity contribution in [2.45, 2.75) is 38.8 Å². The van der Waals surface area contributed by atoms with E-state index in [1.165, 1.54) is 4.88 Å². The number of methoxy groups -OCH3 is 1. The summed E-state index contributed by atoms with van der Waals surface area (Å²) in [4.78, 5) is 32.2. The van der Waals surface area contributed by atoms with E-state index in [-0.39, 0.29) is 37.2 Å². The maximum absolute atomic E-state index is 13.8. The number of benzene rings is 2. The summed E-state index contributed by atoms with van der Waals surface area (Å²) >= 11 is 1.70. The van der Waals surface area contributed by atoms with E-state index in [0.717, 1.165) is 18.4 Å². The molecule has 2 atom stereocenters. The molecule has 5 rings (SSSR count). The van der Waals surface area contributed by atoms with Crippen molar-refractivity contribution in [1.29, 1.82) is 0 Å². The van der Waals surface area contributed by atoms with Crippen LogP contribution < -0.4 is 18.9 Å². The van der Waals surface area contributed by atoms with Gasteiger partial charge in [0.15, 0.2) is 11.5 Å². The van der Waals surface area contributed by atoms with Gasteiger partial charge in [0.25, 0.3) is 5.91 Å². The summed E-state index contributed by atoms with van der Waals surface area (Å²) in [7, 11) is 1.62. The van der Waals surface area contributed by atoms with E-state index in [9.17, 15) is 9.59 Å². The van der Waals surface area contributed by atoms with Crippen LogP contribution in [0.5, 0.6) is 23.0 Å². The van der Waals surface area contributed by atoms with Crippen LogP contribution in [0.25, 0.3) is 0 Å². The molecule has 200 valence electrons. The van der Waals surface area contributed by atoms with E-state index in [4.69, 9.17) is 18.9 Å². The average Bonchev–Trinajstić information content (AvgIpc) is 3.63. The summed E-state index contributed by atoms with van der Waals surface area (Å²) in [6.07, 6.45) is 1.51. The number of ether oxygens (including phenoxy) is 4. The Hall–Kier alpha value is -3.72. The number of amides is 2. The third-order valence-electron chi connectivity index (χ3n) is 7.17. The SMILES string of the molecule is CC[C@@H](C)N(CC(=O)N1CCc2sccc2[C@H]1COc1cccc(OC)c1)C(=O)c1ccc2c(c1)OCO2. The average molecular weight is 537 g/mol. The van der Waals surface area contributed by atoms with Gasteiger partial charge in [-0.1, -0.05) is 13.0 Å².